The van der Waals surface area contributed by atoms with Gasteiger partial charge in [0, 0.05) is 42.5 Å². The molecule has 1 amide bonds. The van der Waals surface area contributed by atoms with E-state index in [-0.39, 0.29) is 5.91 Å². The lowest BCUT2D eigenvalue weighted by atomic mass is 9.95. The van der Waals surface area contributed by atoms with Crippen LogP contribution in [0.15, 0.2) is 43.0 Å². The number of hydrogen-bond acceptors (Lipinski definition) is 4. The number of benzene rings is 1. The van der Waals surface area contributed by atoms with E-state index in [4.69, 9.17) is 0 Å². The van der Waals surface area contributed by atoms with Crippen molar-refractivity contribution >= 4 is 5.91 Å². The van der Waals surface area contributed by atoms with Gasteiger partial charge in [0.15, 0.2) is 5.82 Å². The van der Waals surface area contributed by atoms with Crippen LogP contribution >= 0.6 is 0 Å². The molecule has 3 heterocycles. The Morgan fingerprint density at radius 1 is 1.12 bits per heavy atom. The van der Waals surface area contributed by atoms with Gasteiger partial charge in [-0.25, -0.2) is 9.97 Å². The van der Waals surface area contributed by atoms with Gasteiger partial charge in [0.05, 0.1) is 0 Å². The second kappa shape index (κ2) is 6.27. The first-order valence-electron chi connectivity index (χ1n) is 8.05. The van der Waals surface area contributed by atoms with Crippen LogP contribution in [0, 0.1) is 0 Å². The zero-order chi connectivity index (χ0) is 16.4. The van der Waals surface area contributed by atoms with Crippen molar-refractivity contribution in [2.75, 3.05) is 13.1 Å². The molecule has 0 saturated carbocycles. The van der Waals surface area contributed by atoms with E-state index in [9.17, 15) is 4.79 Å². The molecule has 24 heavy (non-hydrogen) atoms. The van der Waals surface area contributed by atoms with E-state index in [0.29, 0.717) is 17.3 Å². The summed E-state index contributed by atoms with van der Waals surface area (Å²) in [6, 6.07) is 7.48. The van der Waals surface area contributed by atoms with Gasteiger partial charge in [0.1, 0.15) is 12.2 Å². The predicted octanol–water partition coefficient (Wildman–Crippen LogP) is 2.21. The van der Waals surface area contributed by atoms with E-state index in [1.165, 1.54) is 6.33 Å². The van der Waals surface area contributed by atoms with Crippen molar-refractivity contribution < 1.29 is 4.79 Å². The third-order valence-electron chi connectivity index (χ3n) is 4.51. The van der Waals surface area contributed by atoms with Gasteiger partial charge < -0.3 is 9.88 Å². The normalized spacial score (nSPS) is 15.6. The van der Waals surface area contributed by atoms with Gasteiger partial charge in [-0.3, -0.25) is 9.89 Å². The number of rotatable bonds is 3. The molecule has 2 aromatic heterocycles. The van der Waals surface area contributed by atoms with Crippen LogP contribution in [-0.4, -0.2) is 49.0 Å². The lowest BCUT2D eigenvalue weighted by Crippen LogP contribution is -2.38. The Morgan fingerprint density at radius 2 is 1.92 bits per heavy atom. The molecular formula is C17H18N6O. The first-order valence-corrected chi connectivity index (χ1v) is 8.05. The van der Waals surface area contributed by atoms with Gasteiger partial charge in [-0.05, 0) is 25.0 Å². The topological polar surface area (TPSA) is 90.6 Å². The molecule has 1 aliphatic heterocycles. The Balaban J connectivity index is 1.41. The number of aromatic amines is 2. The molecule has 0 spiro atoms. The van der Waals surface area contributed by atoms with E-state index in [0.717, 1.165) is 37.3 Å². The zero-order valence-corrected chi connectivity index (χ0v) is 13.1. The molecule has 2 N–H and O–H groups in total. The second-order valence-electron chi connectivity index (χ2n) is 5.95. The van der Waals surface area contributed by atoms with Crippen LogP contribution in [-0.2, 0) is 0 Å². The van der Waals surface area contributed by atoms with Gasteiger partial charge in [-0.1, -0.05) is 12.1 Å². The molecule has 0 aliphatic carbocycles. The van der Waals surface area contributed by atoms with Crippen molar-refractivity contribution in [2.45, 2.75) is 18.8 Å². The molecule has 0 radical (unpaired) electrons. The molecule has 7 nitrogen and oxygen atoms in total. The predicted molar refractivity (Wildman–Crippen MR) is 88.3 cm³/mol. The number of amides is 1. The molecular weight excluding hydrogens is 304 g/mol. The molecule has 4 rings (SSSR count). The van der Waals surface area contributed by atoms with Crippen LogP contribution in [0.4, 0.5) is 0 Å². The summed E-state index contributed by atoms with van der Waals surface area (Å²) >= 11 is 0. The molecule has 122 valence electrons. The maximum absolute atomic E-state index is 12.7. The van der Waals surface area contributed by atoms with E-state index in [1.54, 1.807) is 6.20 Å². The number of piperidine rings is 1. The van der Waals surface area contributed by atoms with Crippen molar-refractivity contribution in [3.8, 4) is 11.4 Å². The molecule has 0 unspecified atom stereocenters. The van der Waals surface area contributed by atoms with Crippen LogP contribution in [0.2, 0.25) is 0 Å². The summed E-state index contributed by atoms with van der Waals surface area (Å²) in [4.78, 5) is 26.2. The van der Waals surface area contributed by atoms with Crippen LogP contribution in [0.25, 0.3) is 11.4 Å². The molecule has 7 heteroatoms. The molecule has 1 saturated heterocycles. The monoisotopic (exact) mass is 322 g/mol. The fourth-order valence-corrected chi connectivity index (χ4v) is 3.15. The lowest BCUT2D eigenvalue weighted by molar-refractivity contribution is 0.0711. The maximum Gasteiger partial charge on any atom is 0.253 e. The number of hydrogen-bond donors (Lipinski definition) is 2. The Hall–Kier alpha value is -2.96. The van der Waals surface area contributed by atoms with Gasteiger partial charge in [-0.2, -0.15) is 5.10 Å². The number of imidazole rings is 1. The molecule has 0 atom stereocenters. The first-order chi connectivity index (χ1) is 11.8. The fraction of sp³-hybridized carbons (Fsp3) is 0.294. The summed E-state index contributed by atoms with van der Waals surface area (Å²) in [5.74, 6) is 2.22. The van der Waals surface area contributed by atoms with E-state index in [1.807, 2.05) is 35.4 Å². The highest BCUT2D eigenvalue weighted by atomic mass is 16.2. The van der Waals surface area contributed by atoms with Gasteiger partial charge >= 0.3 is 0 Å². The van der Waals surface area contributed by atoms with Crippen LogP contribution in [0.1, 0.15) is 34.9 Å². The Labute approximate surface area is 139 Å². The third kappa shape index (κ3) is 2.80. The summed E-state index contributed by atoms with van der Waals surface area (Å²) < 4.78 is 0. The number of carbonyl (C=O) groups excluding carboxylic acids is 1. The number of carbonyl (C=O) groups is 1. The van der Waals surface area contributed by atoms with Crippen LogP contribution in [0.3, 0.4) is 0 Å². The Kier molecular flexibility index (Phi) is 3.82. The number of nitrogens with zero attached hydrogens (tertiary/aromatic N) is 4. The molecule has 1 fully saturated rings. The molecule has 1 aromatic carbocycles. The summed E-state index contributed by atoms with van der Waals surface area (Å²) in [5.41, 5.74) is 1.62. The van der Waals surface area contributed by atoms with E-state index >= 15 is 0 Å². The number of likely N-dealkylation sites (tertiary alicyclic amines) is 1. The van der Waals surface area contributed by atoms with Crippen molar-refractivity contribution in [1.29, 1.82) is 0 Å². The highest BCUT2D eigenvalue weighted by molar-refractivity contribution is 5.94. The van der Waals surface area contributed by atoms with Crippen molar-refractivity contribution in [1.82, 2.24) is 30.0 Å². The van der Waals surface area contributed by atoms with Gasteiger partial charge in [0.25, 0.3) is 5.91 Å². The number of aromatic nitrogens is 5. The van der Waals surface area contributed by atoms with Crippen LogP contribution in [0.5, 0.6) is 0 Å². The minimum atomic E-state index is 0.0806. The Morgan fingerprint density at radius 3 is 2.54 bits per heavy atom. The van der Waals surface area contributed by atoms with E-state index in [2.05, 4.69) is 25.1 Å². The Bertz CT molecular complexity index is 786. The smallest absolute Gasteiger partial charge is 0.253 e. The molecule has 1 aliphatic rings. The van der Waals surface area contributed by atoms with Crippen molar-refractivity contribution in [3.05, 3.63) is 54.4 Å². The van der Waals surface area contributed by atoms with E-state index < -0.39 is 0 Å². The van der Waals surface area contributed by atoms with Crippen LogP contribution < -0.4 is 0 Å². The maximum atomic E-state index is 12.7. The highest BCUT2D eigenvalue weighted by Crippen LogP contribution is 2.26. The second-order valence-corrected chi connectivity index (χ2v) is 5.95. The highest BCUT2D eigenvalue weighted by Gasteiger charge is 2.25. The summed E-state index contributed by atoms with van der Waals surface area (Å²) in [6.45, 7) is 1.52. The molecule has 0 bridgehead atoms. The largest absolute Gasteiger partial charge is 0.348 e. The quantitative estimate of drug-likeness (QED) is 0.773. The fourth-order valence-electron chi connectivity index (χ4n) is 3.15. The van der Waals surface area contributed by atoms with Crippen molar-refractivity contribution in [2.24, 2.45) is 0 Å². The third-order valence-corrected chi connectivity index (χ3v) is 4.51. The summed E-state index contributed by atoms with van der Waals surface area (Å²) in [7, 11) is 0. The zero-order valence-electron chi connectivity index (χ0n) is 13.1. The number of H-pyrrole nitrogens is 2. The standard InChI is InChI=1S/C17H18N6O/c24-17(14-3-1-12(2-4-14)16-20-11-21-22-16)23-9-5-13(6-10-23)15-18-7-8-19-15/h1-4,7-8,11,13H,5-6,9-10H2,(H,18,19)(H,20,21,22). The van der Waals surface area contributed by atoms with Gasteiger partial charge in [0.2, 0.25) is 0 Å². The minimum Gasteiger partial charge on any atom is -0.348 e. The summed E-state index contributed by atoms with van der Waals surface area (Å²) in [6.07, 6.45) is 6.98. The van der Waals surface area contributed by atoms with Gasteiger partial charge in [-0.15, -0.1) is 0 Å². The lowest BCUT2D eigenvalue weighted by Gasteiger charge is -2.31. The summed E-state index contributed by atoms with van der Waals surface area (Å²) in [5, 5.41) is 6.66. The van der Waals surface area contributed by atoms with Crippen molar-refractivity contribution in [3.63, 3.8) is 0 Å². The average molecular weight is 322 g/mol. The average Bonchev–Trinajstić information content (AvgIpc) is 3.35. The SMILES string of the molecule is O=C(c1ccc(-c2ncn[nH]2)cc1)N1CCC(c2ncc[nH]2)CC1. The first kappa shape index (κ1) is 14.6. The minimum absolute atomic E-state index is 0.0806. The number of nitrogens with one attached hydrogen (secondary N) is 2. The molecule has 3 aromatic rings.